The molecule has 1 aliphatic rings. The maximum Gasteiger partial charge on any atom is 0.326 e. The summed E-state index contributed by atoms with van der Waals surface area (Å²) in [6.45, 7) is 4.49. The highest BCUT2D eigenvalue weighted by molar-refractivity contribution is 5.94. The molecule has 1 saturated heterocycles. The maximum absolute atomic E-state index is 13.1. The van der Waals surface area contributed by atoms with Gasteiger partial charge in [0.05, 0.1) is 6.04 Å². The van der Waals surface area contributed by atoms with E-state index in [1.165, 1.54) is 4.90 Å². The number of carbonyl (C=O) groups is 5. The molecular weight excluding hydrogens is 444 g/mol. The van der Waals surface area contributed by atoms with Crippen LogP contribution in [0.25, 0.3) is 0 Å². The Morgan fingerprint density at radius 1 is 1.03 bits per heavy atom. The summed E-state index contributed by atoms with van der Waals surface area (Å²) in [6.07, 6.45) is 2.71. The van der Waals surface area contributed by atoms with Gasteiger partial charge in [0.1, 0.15) is 18.1 Å². The number of rotatable bonds is 15. The predicted molar refractivity (Wildman–Crippen MR) is 125 cm³/mol. The van der Waals surface area contributed by atoms with Gasteiger partial charge in [0.15, 0.2) is 0 Å². The number of hydrogen-bond donors (Lipinski definition) is 6. The van der Waals surface area contributed by atoms with Crippen molar-refractivity contribution in [1.29, 1.82) is 0 Å². The van der Waals surface area contributed by atoms with E-state index in [2.05, 4.69) is 10.6 Å². The fourth-order valence-corrected chi connectivity index (χ4v) is 3.93. The summed E-state index contributed by atoms with van der Waals surface area (Å²) in [7, 11) is 0. The van der Waals surface area contributed by atoms with Crippen LogP contribution in [0.15, 0.2) is 0 Å². The normalized spacial score (nSPS) is 18.3. The molecule has 0 aromatic rings. The second-order valence-corrected chi connectivity index (χ2v) is 9.18. The van der Waals surface area contributed by atoms with Crippen LogP contribution in [0.2, 0.25) is 0 Å². The van der Waals surface area contributed by atoms with Crippen LogP contribution in [-0.2, 0) is 24.0 Å². The highest BCUT2D eigenvalue weighted by Gasteiger charge is 2.38. The molecule has 0 aliphatic carbocycles. The number of carboxylic acid groups (broad SMARTS) is 1. The number of nitrogens with one attached hydrogen (secondary N) is 2. The standard InChI is InChI=1S/C22H40N6O6/c1-13(2)12-16(27-19(30)14(24)6-3-4-10-23)20(31)26-15(8-9-18(25)29)21(32)28-11-5-7-17(28)22(33)34/h13-17H,3-12,23-24H2,1-2H3,(H2,25,29)(H,26,31)(H,27,30)(H,33,34)/t14-,15-,16-,17-/m0/s1. The van der Waals surface area contributed by atoms with Crippen molar-refractivity contribution in [3.63, 3.8) is 0 Å². The van der Waals surface area contributed by atoms with Crippen molar-refractivity contribution in [2.75, 3.05) is 13.1 Å². The van der Waals surface area contributed by atoms with Gasteiger partial charge in [-0.3, -0.25) is 19.2 Å². The number of nitrogens with two attached hydrogens (primary N) is 3. The third-order valence-corrected chi connectivity index (χ3v) is 5.76. The summed E-state index contributed by atoms with van der Waals surface area (Å²) in [5.41, 5.74) is 16.6. The summed E-state index contributed by atoms with van der Waals surface area (Å²) in [5, 5.41) is 14.7. The number of amides is 4. The molecule has 4 amide bonds. The average molecular weight is 485 g/mol. The third-order valence-electron chi connectivity index (χ3n) is 5.76. The first-order valence-corrected chi connectivity index (χ1v) is 11.9. The van der Waals surface area contributed by atoms with Crippen molar-refractivity contribution in [2.24, 2.45) is 23.1 Å². The number of carboxylic acids is 1. The van der Waals surface area contributed by atoms with E-state index in [4.69, 9.17) is 17.2 Å². The lowest BCUT2D eigenvalue weighted by molar-refractivity contribution is -0.149. The molecular formula is C22H40N6O6. The van der Waals surface area contributed by atoms with Crippen LogP contribution in [0.5, 0.6) is 0 Å². The molecule has 0 spiro atoms. The van der Waals surface area contributed by atoms with E-state index >= 15 is 0 Å². The lowest BCUT2D eigenvalue weighted by Gasteiger charge is -2.29. The molecule has 0 radical (unpaired) electrons. The van der Waals surface area contributed by atoms with Gasteiger partial charge in [-0.25, -0.2) is 4.79 Å². The van der Waals surface area contributed by atoms with Crippen molar-refractivity contribution in [3.05, 3.63) is 0 Å². The van der Waals surface area contributed by atoms with Crippen molar-refractivity contribution in [3.8, 4) is 0 Å². The van der Waals surface area contributed by atoms with Crippen LogP contribution in [0.4, 0.5) is 0 Å². The molecule has 1 fully saturated rings. The molecule has 12 heteroatoms. The van der Waals surface area contributed by atoms with Crippen LogP contribution in [0, 0.1) is 5.92 Å². The molecule has 1 heterocycles. The minimum absolute atomic E-state index is 0.0410. The third kappa shape index (κ3) is 9.64. The van der Waals surface area contributed by atoms with Gasteiger partial charge in [-0.05, 0) is 51.0 Å². The molecule has 9 N–H and O–H groups in total. The Balaban J connectivity index is 2.96. The largest absolute Gasteiger partial charge is 0.480 e. The van der Waals surface area contributed by atoms with Crippen LogP contribution in [0.3, 0.4) is 0 Å². The number of primary amides is 1. The molecule has 0 aromatic carbocycles. The van der Waals surface area contributed by atoms with E-state index in [9.17, 15) is 29.1 Å². The van der Waals surface area contributed by atoms with E-state index in [1.54, 1.807) is 0 Å². The fourth-order valence-electron chi connectivity index (χ4n) is 3.93. The first-order valence-electron chi connectivity index (χ1n) is 11.9. The number of unbranched alkanes of at least 4 members (excludes halogenated alkanes) is 1. The van der Waals surface area contributed by atoms with Crippen LogP contribution < -0.4 is 27.8 Å². The molecule has 0 unspecified atom stereocenters. The first kappa shape index (κ1) is 29.3. The minimum atomic E-state index is -1.15. The van der Waals surface area contributed by atoms with Crippen molar-refractivity contribution in [1.82, 2.24) is 15.5 Å². The van der Waals surface area contributed by atoms with Gasteiger partial charge in [-0.2, -0.15) is 0 Å². The zero-order valence-corrected chi connectivity index (χ0v) is 20.1. The van der Waals surface area contributed by atoms with Crippen LogP contribution in [0.1, 0.15) is 65.2 Å². The molecule has 34 heavy (non-hydrogen) atoms. The Kier molecular flexibility index (Phi) is 12.5. The second-order valence-electron chi connectivity index (χ2n) is 9.18. The quantitative estimate of drug-likeness (QED) is 0.155. The molecule has 4 atom stereocenters. The summed E-state index contributed by atoms with van der Waals surface area (Å²) < 4.78 is 0. The van der Waals surface area contributed by atoms with Crippen LogP contribution in [-0.4, -0.2) is 76.9 Å². The summed E-state index contributed by atoms with van der Waals surface area (Å²) in [6, 6.07) is -3.89. The summed E-state index contributed by atoms with van der Waals surface area (Å²) in [4.78, 5) is 62.8. The Bertz CT molecular complexity index is 731. The number of carbonyl (C=O) groups excluding carboxylic acids is 4. The average Bonchev–Trinajstić information content (AvgIpc) is 3.25. The van der Waals surface area contributed by atoms with Gasteiger partial charge >= 0.3 is 5.97 Å². The van der Waals surface area contributed by atoms with Gasteiger partial charge in [0.2, 0.25) is 23.6 Å². The predicted octanol–water partition coefficient (Wildman–Crippen LogP) is -1.20. The van der Waals surface area contributed by atoms with E-state index in [-0.39, 0.29) is 25.3 Å². The Labute approximate surface area is 200 Å². The first-order chi connectivity index (χ1) is 16.0. The Morgan fingerprint density at radius 3 is 2.24 bits per heavy atom. The van der Waals surface area contributed by atoms with Crippen molar-refractivity contribution < 1.29 is 29.1 Å². The SMILES string of the molecule is CC(C)C[C@H](NC(=O)[C@@H](N)CCCCN)C(=O)N[C@@H](CCC(N)=O)C(=O)N1CCC[C@H]1C(=O)O. The zero-order chi connectivity index (χ0) is 25.8. The molecule has 194 valence electrons. The van der Waals surface area contributed by atoms with E-state index in [1.807, 2.05) is 13.8 Å². The van der Waals surface area contributed by atoms with Gasteiger partial charge in [0, 0.05) is 13.0 Å². The van der Waals surface area contributed by atoms with Gasteiger partial charge < -0.3 is 37.8 Å². The molecule has 0 bridgehead atoms. The van der Waals surface area contributed by atoms with E-state index in [0.29, 0.717) is 38.6 Å². The highest BCUT2D eigenvalue weighted by atomic mass is 16.4. The van der Waals surface area contributed by atoms with Crippen molar-refractivity contribution >= 4 is 29.6 Å². The maximum atomic E-state index is 13.1. The molecule has 1 rings (SSSR count). The summed E-state index contributed by atoms with van der Waals surface area (Å²) in [5.74, 6) is -3.42. The van der Waals surface area contributed by atoms with E-state index < -0.39 is 53.8 Å². The molecule has 0 saturated carbocycles. The number of nitrogens with zero attached hydrogens (tertiary/aromatic N) is 1. The monoisotopic (exact) mass is 484 g/mol. The van der Waals surface area contributed by atoms with Crippen molar-refractivity contribution in [2.45, 2.75) is 89.4 Å². The number of likely N-dealkylation sites (tertiary alicyclic amines) is 1. The van der Waals surface area contributed by atoms with E-state index in [0.717, 1.165) is 6.42 Å². The molecule has 1 aliphatic heterocycles. The lowest BCUT2D eigenvalue weighted by atomic mass is 10.0. The van der Waals surface area contributed by atoms with Gasteiger partial charge in [-0.1, -0.05) is 20.3 Å². The zero-order valence-electron chi connectivity index (χ0n) is 20.1. The van der Waals surface area contributed by atoms with Gasteiger partial charge in [-0.15, -0.1) is 0 Å². The fraction of sp³-hybridized carbons (Fsp3) is 0.773. The molecule has 12 nitrogen and oxygen atoms in total. The number of aliphatic carboxylic acids is 1. The van der Waals surface area contributed by atoms with Gasteiger partial charge in [0.25, 0.3) is 0 Å². The van der Waals surface area contributed by atoms with Crippen LogP contribution >= 0.6 is 0 Å². The second kappa shape index (κ2) is 14.5. The molecule has 0 aromatic heterocycles. The Morgan fingerprint density at radius 2 is 1.68 bits per heavy atom. The minimum Gasteiger partial charge on any atom is -0.480 e. The lowest BCUT2D eigenvalue weighted by Crippen LogP contribution is -2.57. The smallest absolute Gasteiger partial charge is 0.326 e. The summed E-state index contributed by atoms with van der Waals surface area (Å²) >= 11 is 0. The highest BCUT2D eigenvalue weighted by Crippen LogP contribution is 2.20. The topological polar surface area (TPSA) is 211 Å². The number of hydrogen-bond acceptors (Lipinski definition) is 7. The Hall–Kier alpha value is -2.73.